The molecule has 0 fully saturated rings. The Balaban J connectivity index is 1.80. The van der Waals surface area contributed by atoms with Crippen LogP contribution in [0.15, 0.2) is 38.6 Å². The second kappa shape index (κ2) is 8.50. The van der Waals surface area contributed by atoms with Crippen molar-refractivity contribution in [1.29, 1.82) is 0 Å². The molecule has 0 aliphatic carbocycles. The number of rotatable bonds is 8. The van der Waals surface area contributed by atoms with Gasteiger partial charge in [0.05, 0.1) is 6.42 Å². The molecule has 0 spiro atoms. The van der Waals surface area contributed by atoms with Crippen molar-refractivity contribution in [1.82, 2.24) is 9.88 Å². The second-order valence-electron chi connectivity index (χ2n) is 5.31. The van der Waals surface area contributed by atoms with E-state index in [0.717, 1.165) is 10.5 Å². The molecule has 0 atom stereocenters. The SMILES string of the molecule is CSc1ccc(COC(=O)CCNS(=O)(=O)c2c(C)noc2C)cc1. The van der Waals surface area contributed by atoms with E-state index in [1.807, 2.05) is 30.5 Å². The Morgan fingerprint density at radius 3 is 2.52 bits per heavy atom. The smallest absolute Gasteiger partial charge is 0.307 e. The van der Waals surface area contributed by atoms with Gasteiger partial charge in [0.25, 0.3) is 0 Å². The van der Waals surface area contributed by atoms with Gasteiger partial charge < -0.3 is 9.26 Å². The summed E-state index contributed by atoms with van der Waals surface area (Å²) in [6, 6.07) is 7.68. The first kappa shape index (κ1) is 19.5. The minimum Gasteiger partial charge on any atom is -0.461 e. The number of thioether (sulfide) groups is 1. The summed E-state index contributed by atoms with van der Waals surface area (Å²) in [6.45, 7) is 3.16. The lowest BCUT2D eigenvalue weighted by Gasteiger charge is -2.07. The summed E-state index contributed by atoms with van der Waals surface area (Å²) in [5.74, 6) is -0.267. The van der Waals surface area contributed by atoms with Crippen molar-refractivity contribution in [3.63, 3.8) is 0 Å². The van der Waals surface area contributed by atoms with Gasteiger partial charge in [0, 0.05) is 11.4 Å². The van der Waals surface area contributed by atoms with E-state index >= 15 is 0 Å². The maximum atomic E-state index is 12.2. The minimum absolute atomic E-state index is 0.00903. The molecule has 136 valence electrons. The van der Waals surface area contributed by atoms with Crippen molar-refractivity contribution in [2.24, 2.45) is 0 Å². The lowest BCUT2D eigenvalue weighted by atomic mass is 10.2. The first-order chi connectivity index (χ1) is 11.8. The van der Waals surface area contributed by atoms with Crippen molar-refractivity contribution in [2.45, 2.75) is 36.7 Å². The fraction of sp³-hybridized carbons (Fsp3) is 0.375. The molecule has 1 aromatic heterocycles. The summed E-state index contributed by atoms with van der Waals surface area (Å²) in [7, 11) is -3.77. The van der Waals surface area contributed by atoms with Crippen LogP contribution in [0, 0.1) is 13.8 Å². The van der Waals surface area contributed by atoms with Crippen molar-refractivity contribution in [2.75, 3.05) is 12.8 Å². The molecule has 2 aromatic rings. The van der Waals surface area contributed by atoms with Gasteiger partial charge >= 0.3 is 5.97 Å². The zero-order chi connectivity index (χ0) is 18.4. The van der Waals surface area contributed by atoms with Crippen LogP contribution in [0.4, 0.5) is 0 Å². The molecular weight excluding hydrogens is 364 g/mol. The van der Waals surface area contributed by atoms with Crippen molar-refractivity contribution in [3.8, 4) is 0 Å². The molecule has 25 heavy (non-hydrogen) atoms. The Morgan fingerprint density at radius 2 is 1.96 bits per heavy atom. The van der Waals surface area contributed by atoms with Crippen molar-refractivity contribution >= 4 is 27.8 Å². The quantitative estimate of drug-likeness (QED) is 0.551. The molecule has 1 heterocycles. The van der Waals surface area contributed by atoms with Crippen LogP contribution in [-0.4, -0.2) is 32.3 Å². The summed E-state index contributed by atoms with van der Waals surface area (Å²) in [5, 5.41) is 3.61. The lowest BCUT2D eigenvalue weighted by molar-refractivity contribution is -0.144. The average molecular weight is 384 g/mol. The fourth-order valence-corrected chi connectivity index (χ4v) is 3.94. The summed E-state index contributed by atoms with van der Waals surface area (Å²) >= 11 is 1.63. The maximum absolute atomic E-state index is 12.2. The highest BCUT2D eigenvalue weighted by atomic mass is 32.2. The summed E-state index contributed by atoms with van der Waals surface area (Å²) in [4.78, 5) is 12.9. The number of hydrogen-bond acceptors (Lipinski definition) is 7. The van der Waals surface area contributed by atoms with E-state index < -0.39 is 16.0 Å². The van der Waals surface area contributed by atoms with E-state index in [9.17, 15) is 13.2 Å². The Kier molecular flexibility index (Phi) is 6.63. The molecule has 1 N–H and O–H groups in total. The molecule has 0 aliphatic rings. The van der Waals surface area contributed by atoms with Gasteiger partial charge in [-0.2, -0.15) is 0 Å². The van der Waals surface area contributed by atoms with Crippen LogP contribution < -0.4 is 4.72 Å². The molecule has 0 aliphatic heterocycles. The minimum atomic E-state index is -3.77. The normalized spacial score (nSPS) is 11.5. The van der Waals surface area contributed by atoms with Crippen LogP contribution in [0.25, 0.3) is 0 Å². The van der Waals surface area contributed by atoms with Crippen LogP contribution in [0.3, 0.4) is 0 Å². The van der Waals surface area contributed by atoms with E-state index in [1.165, 1.54) is 6.92 Å². The number of carbonyl (C=O) groups excluding carboxylic acids is 1. The third-order valence-corrected chi connectivity index (χ3v) is 5.86. The Labute approximate surface area is 151 Å². The summed E-state index contributed by atoms with van der Waals surface area (Å²) < 4.78 is 36.7. The number of hydrogen-bond donors (Lipinski definition) is 1. The van der Waals surface area contributed by atoms with E-state index in [0.29, 0.717) is 0 Å². The van der Waals surface area contributed by atoms with E-state index in [4.69, 9.17) is 9.26 Å². The van der Waals surface area contributed by atoms with Crippen LogP contribution in [-0.2, 0) is 26.2 Å². The molecule has 0 amide bonds. The largest absolute Gasteiger partial charge is 0.461 e. The number of benzene rings is 1. The van der Waals surface area contributed by atoms with Gasteiger partial charge in [-0.3, -0.25) is 4.79 Å². The number of aromatic nitrogens is 1. The molecule has 1 aromatic carbocycles. The number of ether oxygens (including phenoxy) is 1. The van der Waals surface area contributed by atoms with Crippen LogP contribution in [0.1, 0.15) is 23.4 Å². The first-order valence-electron chi connectivity index (χ1n) is 7.54. The fourth-order valence-electron chi connectivity index (χ4n) is 2.18. The Bertz CT molecular complexity index is 809. The van der Waals surface area contributed by atoms with Gasteiger partial charge in [-0.1, -0.05) is 17.3 Å². The molecule has 0 bridgehead atoms. The predicted molar refractivity (Wildman–Crippen MR) is 93.8 cm³/mol. The third kappa shape index (κ3) is 5.32. The predicted octanol–water partition coefficient (Wildman–Crippen LogP) is 2.43. The summed E-state index contributed by atoms with van der Waals surface area (Å²) in [6.07, 6.45) is 1.92. The second-order valence-corrected chi connectivity index (χ2v) is 7.89. The third-order valence-electron chi connectivity index (χ3n) is 3.42. The van der Waals surface area contributed by atoms with Gasteiger partial charge in [-0.25, -0.2) is 13.1 Å². The molecule has 7 nitrogen and oxygen atoms in total. The molecular formula is C16H20N2O5S2. The van der Waals surface area contributed by atoms with Crippen LogP contribution in [0.2, 0.25) is 0 Å². The number of nitrogens with one attached hydrogen (secondary N) is 1. The van der Waals surface area contributed by atoms with Crippen LogP contribution >= 0.6 is 11.8 Å². The lowest BCUT2D eigenvalue weighted by Crippen LogP contribution is -2.27. The number of sulfonamides is 1. The maximum Gasteiger partial charge on any atom is 0.307 e. The van der Waals surface area contributed by atoms with Gasteiger partial charge in [0.15, 0.2) is 5.76 Å². The highest BCUT2D eigenvalue weighted by Gasteiger charge is 2.23. The van der Waals surface area contributed by atoms with E-state index in [1.54, 1.807) is 18.7 Å². The highest BCUT2D eigenvalue weighted by molar-refractivity contribution is 7.98. The van der Waals surface area contributed by atoms with Gasteiger partial charge in [-0.05, 0) is 37.8 Å². The molecule has 0 saturated heterocycles. The topological polar surface area (TPSA) is 98.5 Å². The van der Waals surface area contributed by atoms with E-state index in [2.05, 4.69) is 9.88 Å². The molecule has 0 unspecified atom stereocenters. The zero-order valence-corrected chi connectivity index (χ0v) is 15.9. The Morgan fingerprint density at radius 1 is 1.28 bits per heavy atom. The van der Waals surface area contributed by atoms with Gasteiger partial charge in [0.2, 0.25) is 10.0 Å². The average Bonchev–Trinajstić information content (AvgIpc) is 2.92. The molecule has 9 heteroatoms. The number of esters is 1. The number of nitrogens with zero attached hydrogens (tertiary/aromatic N) is 1. The standard InChI is InChI=1S/C16H20N2O5S2/c1-11-16(12(2)23-18-11)25(20,21)17-9-8-15(19)22-10-13-4-6-14(24-3)7-5-13/h4-7,17H,8-10H2,1-3H3. The van der Waals surface area contributed by atoms with Gasteiger partial charge in [-0.15, -0.1) is 11.8 Å². The van der Waals surface area contributed by atoms with Crippen LogP contribution in [0.5, 0.6) is 0 Å². The Hall–Kier alpha value is -1.84. The molecule has 2 rings (SSSR count). The van der Waals surface area contributed by atoms with E-state index in [-0.39, 0.29) is 35.9 Å². The highest BCUT2D eigenvalue weighted by Crippen LogP contribution is 2.18. The molecule has 0 radical (unpaired) electrons. The van der Waals surface area contributed by atoms with Crippen molar-refractivity contribution < 1.29 is 22.5 Å². The monoisotopic (exact) mass is 384 g/mol. The number of aryl methyl sites for hydroxylation is 2. The first-order valence-corrected chi connectivity index (χ1v) is 10.3. The summed E-state index contributed by atoms with van der Waals surface area (Å²) in [5.41, 5.74) is 1.16. The zero-order valence-electron chi connectivity index (χ0n) is 14.2. The van der Waals surface area contributed by atoms with Gasteiger partial charge in [0.1, 0.15) is 17.2 Å². The molecule has 0 saturated carbocycles. The van der Waals surface area contributed by atoms with Crippen molar-refractivity contribution in [3.05, 3.63) is 41.3 Å². The number of carbonyl (C=O) groups is 1.